The van der Waals surface area contributed by atoms with E-state index in [4.69, 9.17) is 4.74 Å². The Morgan fingerprint density at radius 3 is 2.05 bits per heavy atom. The molecule has 0 heterocycles. The summed E-state index contributed by atoms with van der Waals surface area (Å²) in [5.74, 6) is -0.185. The first kappa shape index (κ1) is 15.7. The van der Waals surface area contributed by atoms with Crippen LogP contribution in [0, 0.1) is 0 Å². The number of carbonyl (C=O) groups excluding carboxylic acids is 2. The monoisotopic (exact) mass is 294 g/mol. The molecule has 22 heavy (non-hydrogen) atoms. The lowest BCUT2D eigenvalue weighted by Gasteiger charge is -2.05. The summed E-state index contributed by atoms with van der Waals surface area (Å²) in [6, 6.07) is 14.1. The molecule has 0 aliphatic heterocycles. The predicted octanol–water partition coefficient (Wildman–Crippen LogP) is 3.96. The van der Waals surface area contributed by atoms with Crippen molar-refractivity contribution in [1.29, 1.82) is 0 Å². The van der Waals surface area contributed by atoms with Crippen molar-refractivity contribution in [3.8, 4) is 5.75 Å². The van der Waals surface area contributed by atoms with Crippen LogP contribution in [0.2, 0.25) is 0 Å². The maximum absolute atomic E-state index is 12.4. The summed E-state index contributed by atoms with van der Waals surface area (Å²) in [5, 5.41) is 0. The zero-order valence-electron chi connectivity index (χ0n) is 12.5. The number of hydrogen-bond acceptors (Lipinski definition) is 3. The van der Waals surface area contributed by atoms with Gasteiger partial charge in [-0.15, -0.1) is 0 Å². The molecule has 2 aromatic carbocycles. The average Bonchev–Trinajstić information content (AvgIpc) is 2.56. The quantitative estimate of drug-likeness (QED) is 0.350. The number of esters is 1. The second-order valence-electron chi connectivity index (χ2n) is 4.93. The van der Waals surface area contributed by atoms with Gasteiger partial charge < -0.3 is 4.74 Å². The number of carbonyl (C=O) groups is 2. The van der Waals surface area contributed by atoms with Crippen LogP contribution in [0.5, 0.6) is 5.75 Å². The zero-order valence-corrected chi connectivity index (χ0v) is 12.5. The normalized spacial score (nSPS) is 10.0. The molecule has 0 spiro atoms. The Morgan fingerprint density at radius 1 is 1.00 bits per heavy atom. The third-order valence-electron chi connectivity index (χ3n) is 3.26. The van der Waals surface area contributed by atoms with Gasteiger partial charge in [0, 0.05) is 17.2 Å². The Balaban J connectivity index is 2.11. The van der Waals surface area contributed by atoms with Crippen molar-refractivity contribution in [3.63, 3.8) is 0 Å². The van der Waals surface area contributed by atoms with Crippen LogP contribution in [0.15, 0.2) is 61.2 Å². The van der Waals surface area contributed by atoms with E-state index in [1.807, 2.05) is 24.3 Å². The number of benzene rings is 2. The molecule has 3 nitrogen and oxygen atoms in total. The van der Waals surface area contributed by atoms with Crippen molar-refractivity contribution in [2.45, 2.75) is 19.8 Å². The molecule has 0 amide bonds. The molecule has 0 unspecified atom stereocenters. The van der Waals surface area contributed by atoms with E-state index in [0.29, 0.717) is 16.9 Å². The Morgan fingerprint density at radius 2 is 1.55 bits per heavy atom. The molecule has 0 aliphatic carbocycles. The van der Waals surface area contributed by atoms with Gasteiger partial charge in [0.15, 0.2) is 5.78 Å². The van der Waals surface area contributed by atoms with Crippen LogP contribution in [0.25, 0.3) is 0 Å². The van der Waals surface area contributed by atoms with E-state index in [1.165, 1.54) is 5.56 Å². The molecule has 0 radical (unpaired) electrons. The first-order valence-electron chi connectivity index (χ1n) is 7.22. The van der Waals surface area contributed by atoms with Crippen molar-refractivity contribution in [2.75, 3.05) is 0 Å². The van der Waals surface area contributed by atoms with E-state index in [9.17, 15) is 9.59 Å². The molecular weight excluding hydrogens is 276 g/mol. The number of ketones is 1. The molecule has 3 heteroatoms. The highest BCUT2D eigenvalue weighted by molar-refractivity contribution is 6.09. The Bertz CT molecular complexity index is 667. The summed E-state index contributed by atoms with van der Waals surface area (Å²) < 4.78 is 4.98. The van der Waals surface area contributed by atoms with E-state index in [0.717, 1.165) is 18.9 Å². The van der Waals surface area contributed by atoms with Crippen molar-refractivity contribution in [2.24, 2.45) is 0 Å². The highest BCUT2D eigenvalue weighted by Crippen LogP contribution is 2.16. The smallest absolute Gasteiger partial charge is 0.335 e. The maximum Gasteiger partial charge on any atom is 0.335 e. The van der Waals surface area contributed by atoms with Crippen molar-refractivity contribution >= 4 is 11.8 Å². The SMILES string of the molecule is C=CC(=O)Oc1ccc(C(=O)c2ccc(CCC)cc2)cc1. The average molecular weight is 294 g/mol. The number of rotatable bonds is 6. The van der Waals surface area contributed by atoms with Crippen molar-refractivity contribution in [3.05, 3.63) is 77.9 Å². The third kappa shape index (κ3) is 3.92. The highest BCUT2D eigenvalue weighted by atomic mass is 16.5. The Kier molecular flexibility index (Phi) is 5.26. The van der Waals surface area contributed by atoms with E-state index < -0.39 is 5.97 Å². The standard InChI is InChI=1S/C19H18O3/c1-3-5-14-6-8-15(9-7-14)19(21)16-10-12-17(13-11-16)22-18(20)4-2/h4,6-13H,2-3,5H2,1H3. The minimum Gasteiger partial charge on any atom is -0.423 e. The fraction of sp³-hybridized carbons (Fsp3) is 0.158. The van der Waals surface area contributed by atoms with Crippen LogP contribution in [-0.2, 0) is 11.2 Å². The molecule has 0 fully saturated rings. The van der Waals surface area contributed by atoms with Gasteiger partial charge in [-0.1, -0.05) is 44.2 Å². The topological polar surface area (TPSA) is 43.4 Å². The van der Waals surface area contributed by atoms with Gasteiger partial charge >= 0.3 is 5.97 Å². The summed E-state index contributed by atoms with van der Waals surface area (Å²) in [7, 11) is 0. The van der Waals surface area contributed by atoms with E-state index in [2.05, 4.69) is 13.5 Å². The fourth-order valence-electron chi connectivity index (χ4n) is 2.11. The van der Waals surface area contributed by atoms with Gasteiger partial charge in [0.05, 0.1) is 0 Å². The zero-order chi connectivity index (χ0) is 15.9. The van der Waals surface area contributed by atoms with Gasteiger partial charge in [-0.2, -0.15) is 0 Å². The fourth-order valence-corrected chi connectivity index (χ4v) is 2.11. The summed E-state index contributed by atoms with van der Waals surface area (Å²) in [6.07, 6.45) is 3.19. The molecule has 2 aromatic rings. The van der Waals surface area contributed by atoms with Crippen LogP contribution in [0.1, 0.15) is 34.8 Å². The summed E-state index contributed by atoms with van der Waals surface area (Å²) >= 11 is 0. The molecule has 0 aromatic heterocycles. The first-order valence-corrected chi connectivity index (χ1v) is 7.22. The second-order valence-corrected chi connectivity index (χ2v) is 4.93. The summed E-state index contributed by atoms with van der Waals surface area (Å²) in [5.41, 5.74) is 2.43. The second kappa shape index (κ2) is 7.36. The van der Waals surface area contributed by atoms with Gasteiger partial charge in [-0.05, 0) is 36.2 Å². The van der Waals surface area contributed by atoms with E-state index in [1.54, 1.807) is 24.3 Å². The predicted molar refractivity (Wildman–Crippen MR) is 86.1 cm³/mol. The van der Waals surface area contributed by atoms with Crippen LogP contribution in [-0.4, -0.2) is 11.8 Å². The molecule has 112 valence electrons. The largest absolute Gasteiger partial charge is 0.423 e. The molecule has 0 bridgehead atoms. The molecule has 0 saturated carbocycles. The molecule has 0 aliphatic rings. The minimum atomic E-state index is -0.523. The number of hydrogen-bond donors (Lipinski definition) is 0. The highest BCUT2D eigenvalue weighted by Gasteiger charge is 2.09. The van der Waals surface area contributed by atoms with Crippen molar-refractivity contribution < 1.29 is 14.3 Å². The molecule has 0 N–H and O–H groups in total. The molecule has 0 saturated heterocycles. The molecule has 2 rings (SSSR count). The van der Waals surface area contributed by atoms with Crippen LogP contribution in [0.3, 0.4) is 0 Å². The Labute approximate surface area is 130 Å². The lowest BCUT2D eigenvalue weighted by Crippen LogP contribution is -2.04. The lowest BCUT2D eigenvalue weighted by atomic mass is 10.0. The maximum atomic E-state index is 12.4. The lowest BCUT2D eigenvalue weighted by molar-refractivity contribution is -0.128. The summed E-state index contributed by atoms with van der Waals surface area (Å²) in [6.45, 7) is 5.46. The van der Waals surface area contributed by atoms with Gasteiger partial charge in [0.2, 0.25) is 0 Å². The third-order valence-corrected chi connectivity index (χ3v) is 3.26. The number of ether oxygens (including phenoxy) is 1. The number of aryl methyl sites for hydroxylation is 1. The van der Waals surface area contributed by atoms with Gasteiger partial charge in [0.1, 0.15) is 5.75 Å². The van der Waals surface area contributed by atoms with Crippen LogP contribution in [0.4, 0.5) is 0 Å². The van der Waals surface area contributed by atoms with E-state index >= 15 is 0 Å². The van der Waals surface area contributed by atoms with E-state index in [-0.39, 0.29) is 5.78 Å². The first-order chi connectivity index (χ1) is 10.6. The van der Waals surface area contributed by atoms with Gasteiger partial charge in [-0.25, -0.2) is 4.79 Å². The van der Waals surface area contributed by atoms with Gasteiger partial charge in [0.25, 0.3) is 0 Å². The van der Waals surface area contributed by atoms with Gasteiger partial charge in [-0.3, -0.25) is 4.79 Å². The molecule has 0 atom stereocenters. The minimum absolute atomic E-state index is 0.0513. The van der Waals surface area contributed by atoms with Crippen LogP contribution < -0.4 is 4.74 Å². The van der Waals surface area contributed by atoms with Crippen molar-refractivity contribution in [1.82, 2.24) is 0 Å². The molecular formula is C19H18O3. The van der Waals surface area contributed by atoms with Crippen LogP contribution >= 0.6 is 0 Å². The summed E-state index contributed by atoms with van der Waals surface area (Å²) in [4.78, 5) is 23.5. The Hall–Kier alpha value is -2.68.